The minimum atomic E-state index is -0.498. The fourth-order valence-corrected chi connectivity index (χ4v) is 1.63. The highest BCUT2D eigenvalue weighted by Crippen LogP contribution is 2.39. The van der Waals surface area contributed by atoms with E-state index in [1.807, 2.05) is 24.3 Å². The number of Topliss-reactive ketones (excluding diaryl/α,β-unsaturated/α-hetero) is 1. The summed E-state index contributed by atoms with van der Waals surface area (Å²) in [6.45, 7) is 0. The first-order chi connectivity index (χ1) is 7.22. The summed E-state index contributed by atoms with van der Waals surface area (Å²) < 4.78 is 6.17. The molecule has 0 unspecified atom stereocenters. The molecular formula is C10H7BrN2O2. The SMILES string of the molecule is [N-]=[N+]=CC(=O)[C@H]1O[C@@H]1c1ccc(Br)cc1. The van der Waals surface area contributed by atoms with Gasteiger partial charge in [0.2, 0.25) is 0 Å². The van der Waals surface area contributed by atoms with E-state index in [-0.39, 0.29) is 11.9 Å². The van der Waals surface area contributed by atoms with Crippen LogP contribution in [0.4, 0.5) is 0 Å². The lowest BCUT2D eigenvalue weighted by Crippen LogP contribution is -2.09. The quantitative estimate of drug-likeness (QED) is 0.362. The van der Waals surface area contributed by atoms with Crippen LogP contribution in [0.25, 0.3) is 5.53 Å². The van der Waals surface area contributed by atoms with Crippen molar-refractivity contribution in [1.82, 2.24) is 0 Å². The Morgan fingerprint density at radius 1 is 1.47 bits per heavy atom. The molecule has 1 fully saturated rings. The van der Waals surface area contributed by atoms with E-state index in [1.165, 1.54) is 0 Å². The molecule has 0 bridgehead atoms. The van der Waals surface area contributed by atoms with E-state index in [4.69, 9.17) is 10.3 Å². The fourth-order valence-electron chi connectivity index (χ4n) is 1.37. The molecule has 4 nitrogen and oxygen atoms in total. The summed E-state index contributed by atoms with van der Waals surface area (Å²) in [5.74, 6) is -0.314. The lowest BCUT2D eigenvalue weighted by atomic mass is 10.1. The van der Waals surface area contributed by atoms with Crippen molar-refractivity contribution in [3.8, 4) is 0 Å². The van der Waals surface area contributed by atoms with Crippen LogP contribution in [0, 0.1) is 0 Å². The molecule has 1 aromatic carbocycles. The van der Waals surface area contributed by atoms with Gasteiger partial charge in [0.05, 0.1) is 0 Å². The zero-order valence-electron chi connectivity index (χ0n) is 7.63. The fraction of sp³-hybridized carbons (Fsp3) is 0.200. The van der Waals surface area contributed by atoms with Gasteiger partial charge in [-0.2, -0.15) is 4.79 Å². The third kappa shape index (κ3) is 2.21. The summed E-state index contributed by atoms with van der Waals surface area (Å²) in [6, 6.07) is 7.55. The van der Waals surface area contributed by atoms with E-state index in [1.54, 1.807) is 0 Å². The second-order valence-electron chi connectivity index (χ2n) is 3.18. The highest BCUT2D eigenvalue weighted by atomic mass is 79.9. The maximum atomic E-state index is 11.2. The molecule has 1 aliphatic heterocycles. The van der Waals surface area contributed by atoms with E-state index in [0.29, 0.717) is 0 Å². The second kappa shape index (κ2) is 4.06. The van der Waals surface area contributed by atoms with Crippen molar-refractivity contribution < 1.29 is 14.3 Å². The number of ketones is 1. The van der Waals surface area contributed by atoms with Gasteiger partial charge in [0.15, 0.2) is 6.10 Å². The van der Waals surface area contributed by atoms with Gasteiger partial charge in [-0.15, -0.1) is 0 Å². The number of hydrogen-bond acceptors (Lipinski definition) is 2. The van der Waals surface area contributed by atoms with Crippen LogP contribution in [-0.4, -0.2) is 22.9 Å². The minimum Gasteiger partial charge on any atom is -0.361 e. The average molecular weight is 267 g/mol. The number of epoxide rings is 1. The molecule has 1 heterocycles. The molecule has 0 radical (unpaired) electrons. The maximum Gasteiger partial charge on any atom is 0.326 e. The van der Waals surface area contributed by atoms with Crippen LogP contribution in [0.3, 0.4) is 0 Å². The Hall–Kier alpha value is -1.29. The van der Waals surface area contributed by atoms with Crippen molar-refractivity contribution in [3.63, 3.8) is 0 Å². The lowest BCUT2D eigenvalue weighted by Gasteiger charge is -1.94. The van der Waals surface area contributed by atoms with Gasteiger partial charge in [-0.3, -0.25) is 4.79 Å². The van der Waals surface area contributed by atoms with Gasteiger partial charge in [-0.05, 0) is 17.7 Å². The molecule has 1 saturated heterocycles. The Bertz CT molecular complexity index is 437. The third-order valence-electron chi connectivity index (χ3n) is 2.16. The first-order valence-corrected chi connectivity index (χ1v) is 5.14. The highest BCUT2D eigenvalue weighted by molar-refractivity contribution is 9.10. The minimum absolute atomic E-state index is 0.205. The Labute approximate surface area is 94.6 Å². The van der Waals surface area contributed by atoms with Crippen LogP contribution in [-0.2, 0) is 9.53 Å². The zero-order chi connectivity index (χ0) is 10.8. The van der Waals surface area contributed by atoms with E-state index < -0.39 is 6.10 Å². The summed E-state index contributed by atoms with van der Waals surface area (Å²) in [5, 5.41) is 0. The molecule has 1 aromatic rings. The van der Waals surface area contributed by atoms with Gasteiger partial charge in [0, 0.05) is 4.47 Å². The van der Waals surface area contributed by atoms with E-state index in [0.717, 1.165) is 16.3 Å². The van der Waals surface area contributed by atoms with Crippen LogP contribution >= 0.6 is 15.9 Å². The van der Waals surface area contributed by atoms with Crippen LogP contribution in [0.15, 0.2) is 28.7 Å². The Morgan fingerprint density at radius 3 is 2.73 bits per heavy atom. The van der Waals surface area contributed by atoms with Crippen molar-refractivity contribution in [3.05, 3.63) is 39.8 Å². The lowest BCUT2D eigenvalue weighted by molar-refractivity contribution is -0.117. The second-order valence-corrected chi connectivity index (χ2v) is 4.09. The average Bonchev–Trinajstić information content (AvgIpc) is 2.99. The summed E-state index contributed by atoms with van der Waals surface area (Å²) in [6.07, 6.45) is 0.162. The summed E-state index contributed by atoms with van der Waals surface area (Å²) in [7, 11) is 0. The molecule has 0 N–H and O–H groups in total. The van der Waals surface area contributed by atoms with Crippen LogP contribution in [0.5, 0.6) is 0 Å². The number of ether oxygens (including phenoxy) is 1. The van der Waals surface area contributed by atoms with Gasteiger partial charge in [-0.1, -0.05) is 28.1 Å². The van der Waals surface area contributed by atoms with Crippen molar-refractivity contribution in [2.24, 2.45) is 0 Å². The topological polar surface area (TPSA) is 66.0 Å². The first kappa shape index (κ1) is 10.2. The molecule has 2 atom stereocenters. The van der Waals surface area contributed by atoms with Crippen molar-refractivity contribution in [2.75, 3.05) is 0 Å². The Kier molecular flexibility index (Phi) is 2.77. The molecule has 1 aliphatic rings. The van der Waals surface area contributed by atoms with Crippen LogP contribution in [0.2, 0.25) is 0 Å². The molecule has 0 amide bonds. The number of carbonyl (C=O) groups is 1. The Balaban J connectivity index is 2.08. The van der Waals surface area contributed by atoms with Gasteiger partial charge >= 0.3 is 6.21 Å². The first-order valence-electron chi connectivity index (χ1n) is 4.34. The van der Waals surface area contributed by atoms with Crippen molar-refractivity contribution in [1.29, 1.82) is 0 Å². The van der Waals surface area contributed by atoms with Gasteiger partial charge in [0.1, 0.15) is 6.10 Å². The van der Waals surface area contributed by atoms with E-state index in [2.05, 4.69) is 20.7 Å². The molecule has 0 saturated carbocycles. The molecule has 76 valence electrons. The molecule has 0 aromatic heterocycles. The number of benzene rings is 1. The van der Waals surface area contributed by atoms with E-state index in [9.17, 15) is 4.79 Å². The van der Waals surface area contributed by atoms with E-state index >= 15 is 0 Å². The monoisotopic (exact) mass is 266 g/mol. The van der Waals surface area contributed by atoms with Crippen molar-refractivity contribution in [2.45, 2.75) is 12.2 Å². The van der Waals surface area contributed by atoms with Crippen molar-refractivity contribution >= 4 is 27.9 Å². The molecule has 5 heteroatoms. The summed E-state index contributed by atoms with van der Waals surface area (Å²) >= 11 is 3.32. The van der Waals surface area contributed by atoms with Crippen LogP contribution < -0.4 is 0 Å². The molecule has 0 spiro atoms. The number of rotatable bonds is 3. The Morgan fingerprint density at radius 2 is 2.13 bits per heavy atom. The number of carbonyl (C=O) groups excluding carboxylic acids is 1. The van der Waals surface area contributed by atoms with Gasteiger partial charge in [-0.25, -0.2) is 0 Å². The predicted molar refractivity (Wildman–Crippen MR) is 56.4 cm³/mol. The summed E-state index contributed by atoms with van der Waals surface area (Å²) in [4.78, 5) is 13.9. The van der Waals surface area contributed by atoms with Gasteiger partial charge in [0.25, 0.3) is 5.78 Å². The molecular weight excluding hydrogens is 260 g/mol. The number of nitrogens with zero attached hydrogens (tertiary/aromatic N) is 2. The summed E-state index contributed by atoms with van der Waals surface area (Å²) in [5.41, 5.74) is 9.14. The van der Waals surface area contributed by atoms with Gasteiger partial charge < -0.3 is 10.3 Å². The standard InChI is InChI=1S/C10H7BrN2O2/c11-7-3-1-6(2-4-7)9-10(15-9)8(14)5-13-12/h1-5,9-10H/t9-,10-/m1/s1. The van der Waals surface area contributed by atoms with Crippen LogP contribution in [0.1, 0.15) is 11.7 Å². The maximum absolute atomic E-state index is 11.2. The smallest absolute Gasteiger partial charge is 0.326 e. The molecule has 2 rings (SSSR count). The molecule has 15 heavy (non-hydrogen) atoms. The molecule has 0 aliphatic carbocycles. The normalized spacial score (nSPS) is 23.0. The largest absolute Gasteiger partial charge is 0.361 e. The predicted octanol–water partition coefficient (Wildman–Crippen LogP) is 1.76. The highest BCUT2D eigenvalue weighted by Gasteiger charge is 2.46. The number of hydrogen-bond donors (Lipinski definition) is 0. The number of halogens is 1. The zero-order valence-corrected chi connectivity index (χ0v) is 9.22. The third-order valence-corrected chi connectivity index (χ3v) is 2.68.